The second-order valence-electron chi connectivity index (χ2n) is 5.71. The van der Waals surface area contributed by atoms with Crippen LogP contribution >= 0.6 is 0 Å². The van der Waals surface area contributed by atoms with Gasteiger partial charge in [0, 0.05) is 6.07 Å². The molecule has 0 atom stereocenters. The molecule has 1 N–H and O–H groups in total. The van der Waals surface area contributed by atoms with E-state index in [1.54, 1.807) is 22.9 Å². The normalized spacial score (nSPS) is 10.5. The monoisotopic (exact) mass is 339 g/mol. The third kappa shape index (κ3) is 4.23. The molecule has 0 aliphatic rings. The SMILES string of the molecule is Cc1ccc(OCC(=O)Nc2cc(C)nn2-c2ccc(F)cc2)cc1. The lowest BCUT2D eigenvalue weighted by Gasteiger charge is -2.10. The highest BCUT2D eigenvalue weighted by Gasteiger charge is 2.11. The number of benzene rings is 2. The Morgan fingerprint density at radius 3 is 2.48 bits per heavy atom. The Balaban J connectivity index is 1.69. The number of carbonyl (C=O) groups excluding carboxylic acids is 1. The van der Waals surface area contributed by atoms with Crippen molar-refractivity contribution in [3.8, 4) is 11.4 Å². The fourth-order valence-electron chi connectivity index (χ4n) is 2.33. The van der Waals surface area contributed by atoms with E-state index >= 15 is 0 Å². The van der Waals surface area contributed by atoms with Crippen LogP contribution in [0.1, 0.15) is 11.3 Å². The van der Waals surface area contributed by atoms with Crippen LogP contribution in [0.2, 0.25) is 0 Å². The standard InChI is InChI=1S/C19H18FN3O2/c1-13-3-9-17(10-4-13)25-12-19(24)21-18-11-14(2)22-23(18)16-7-5-15(20)6-8-16/h3-11H,12H2,1-2H3,(H,21,24). The number of anilines is 1. The highest BCUT2D eigenvalue weighted by atomic mass is 19.1. The zero-order valence-electron chi connectivity index (χ0n) is 14.0. The van der Waals surface area contributed by atoms with Crippen molar-refractivity contribution < 1.29 is 13.9 Å². The van der Waals surface area contributed by atoms with Crippen LogP contribution < -0.4 is 10.1 Å². The molecule has 3 aromatic rings. The highest BCUT2D eigenvalue weighted by Crippen LogP contribution is 2.18. The molecule has 5 nitrogen and oxygen atoms in total. The Morgan fingerprint density at radius 1 is 1.12 bits per heavy atom. The summed E-state index contributed by atoms with van der Waals surface area (Å²) in [4.78, 5) is 12.2. The van der Waals surface area contributed by atoms with Crippen molar-refractivity contribution in [2.45, 2.75) is 13.8 Å². The van der Waals surface area contributed by atoms with E-state index in [9.17, 15) is 9.18 Å². The molecule has 0 aliphatic heterocycles. The molecule has 3 rings (SSSR count). The first-order chi connectivity index (χ1) is 12.0. The van der Waals surface area contributed by atoms with Crippen LogP contribution in [0.25, 0.3) is 5.69 Å². The highest BCUT2D eigenvalue weighted by molar-refractivity contribution is 5.91. The van der Waals surface area contributed by atoms with Crippen molar-refractivity contribution in [2.75, 3.05) is 11.9 Å². The van der Waals surface area contributed by atoms with Gasteiger partial charge in [0.25, 0.3) is 5.91 Å². The predicted octanol–water partition coefficient (Wildman–Crippen LogP) is 3.65. The van der Waals surface area contributed by atoms with Crippen molar-refractivity contribution >= 4 is 11.7 Å². The maximum absolute atomic E-state index is 13.1. The third-order valence-corrected chi connectivity index (χ3v) is 3.56. The summed E-state index contributed by atoms with van der Waals surface area (Å²) in [6.07, 6.45) is 0. The summed E-state index contributed by atoms with van der Waals surface area (Å²) < 4.78 is 20.1. The van der Waals surface area contributed by atoms with Gasteiger partial charge >= 0.3 is 0 Å². The second-order valence-corrected chi connectivity index (χ2v) is 5.71. The minimum Gasteiger partial charge on any atom is -0.484 e. The first-order valence-electron chi connectivity index (χ1n) is 7.83. The summed E-state index contributed by atoms with van der Waals surface area (Å²) in [6, 6.07) is 15.1. The second kappa shape index (κ2) is 7.17. The van der Waals surface area contributed by atoms with Crippen LogP contribution in [-0.2, 0) is 4.79 Å². The van der Waals surface area contributed by atoms with Crippen molar-refractivity contribution in [2.24, 2.45) is 0 Å². The summed E-state index contributed by atoms with van der Waals surface area (Å²) >= 11 is 0. The van der Waals surface area contributed by atoms with Gasteiger partial charge in [-0.15, -0.1) is 0 Å². The first-order valence-corrected chi connectivity index (χ1v) is 7.83. The number of aryl methyl sites for hydroxylation is 2. The molecule has 0 saturated heterocycles. The molecule has 0 radical (unpaired) electrons. The molecule has 0 bridgehead atoms. The number of amides is 1. The molecule has 1 heterocycles. The first kappa shape index (κ1) is 16.7. The number of rotatable bonds is 5. The summed E-state index contributed by atoms with van der Waals surface area (Å²) in [5.41, 5.74) is 2.51. The molecule has 128 valence electrons. The number of aromatic nitrogens is 2. The quantitative estimate of drug-likeness (QED) is 0.772. The molecule has 1 amide bonds. The molecule has 0 unspecified atom stereocenters. The zero-order chi connectivity index (χ0) is 17.8. The minimum atomic E-state index is -0.329. The van der Waals surface area contributed by atoms with Gasteiger partial charge in [-0.05, 0) is 50.2 Å². The van der Waals surface area contributed by atoms with E-state index in [1.807, 2.05) is 38.1 Å². The number of ether oxygens (including phenoxy) is 1. The average molecular weight is 339 g/mol. The van der Waals surface area contributed by atoms with Gasteiger partial charge in [0.2, 0.25) is 0 Å². The van der Waals surface area contributed by atoms with Gasteiger partial charge in [0.05, 0.1) is 11.4 Å². The fraction of sp³-hybridized carbons (Fsp3) is 0.158. The minimum absolute atomic E-state index is 0.114. The van der Waals surface area contributed by atoms with Crippen molar-refractivity contribution in [3.05, 3.63) is 71.7 Å². The maximum Gasteiger partial charge on any atom is 0.263 e. The third-order valence-electron chi connectivity index (χ3n) is 3.56. The van der Waals surface area contributed by atoms with E-state index in [2.05, 4.69) is 10.4 Å². The van der Waals surface area contributed by atoms with Gasteiger partial charge in [-0.25, -0.2) is 9.07 Å². The summed E-state index contributed by atoms with van der Waals surface area (Å²) in [5.74, 6) is 0.499. The van der Waals surface area contributed by atoms with Crippen LogP contribution in [0.15, 0.2) is 54.6 Å². The molecule has 2 aromatic carbocycles. The van der Waals surface area contributed by atoms with Crippen LogP contribution in [0, 0.1) is 19.7 Å². The predicted molar refractivity (Wildman–Crippen MR) is 93.6 cm³/mol. The molecule has 1 aromatic heterocycles. The van der Waals surface area contributed by atoms with Crippen molar-refractivity contribution in [3.63, 3.8) is 0 Å². The van der Waals surface area contributed by atoms with E-state index in [-0.39, 0.29) is 18.3 Å². The van der Waals surface area contributed by atoms with Crippen LogP contribution in [0.3, 0.4) is 0 Å². The number of nitrogens with zero attached hydrogens (tertiary/aromatic N) is 2. The van der Waals surface area contributed by atoms with E-state index in [0.717, 1.165) is 11.3 Å². The maximum atomic E-state index is 13.1. The zero-order valence-corrected chi connectivity index (χ0v) is 14.0. The molecular weight excluding hydrogens is 321 g/mol. The largest absolute Gasteiger partial charge is 0.484 e. The van der Waals surface area contributed by atoms with Crippen LogP contribution in [0.5, 0.6) is 5.75 Å². The smallest absolute Gasteiger partial charge is 0.263 e. The van der Waals surface area contributed by atoms with E-state index in [0.29, 0.717) is 17.3 Å². The number of hydrogen-bond acceptors (Lipinski definition) is 3. The Bertz CT molecular complexity index is 871. The number of carbonyl (C=O) groups is 1. The van der Waals surface area contributed by atoms with Gasteiger partial charge in [0.15, 0.2) is 6.61 Å². The van der Waals surface area contributed by atoms with Gasteiger partial charge < -0.3 is 10.1 Å². The van der Waals surface area contributed by atoms with Gasteiger partial charge in [-0.1, -0.05) is 17.7 Å². The van der Waals surface area contributed by atoms with Crippen LogP contribution in [-0.4, -0.2) is 22.3 Å². The molecule has 0 aliphatic carbocycles. The van der Waals surface area contributed by atoms with Gasteiger partial charge in [-0.3, -0.25) is 4.79 Å². The number of halogens is 1. The van der Waals surface area contributed by atoms with Crippen molar-refractivity contribution in [1.29, 1.82) is 0 Å². The Hall–Kier alpha value is -3.15. The Labute approximate surface area is 145 Å². The van der Waals surface area contributed by atoms with Crippen LogP contribution in [0.4, 0.5) is 10.2 Å². The number of hydrogen-bond donors (Lipinski definition) is 1. The summed E-state index contributed by atoms with van der Waals surface area (Å²) in [5, 5.41) is 7.10. The molecular formula is C19H18FN3O2. The van der Waals surface area contributed by atoms with Crippen molar-refractivity contribution in [1.82, 2.24) is 9.78 Å². The molecule has 25 heavy (non-hydrogen) atoms. The van der Waals surface area contributed by atoms with E-state index in [4.69, 9.17) is 4.74 Å². The lowest BCUT2D eigenvalue weighted by molar-refractivity contribution is -0.118. The van der Waals surface area contributed by atoms with Gasteiger partial charge in [0.1, 0.15) is 17.4 Å². The van der Waals surface area contributed by atoms with E-state index in [1.165, 1.54) is 12.1 Å². The topological polar surface area (TPSA) is 56.1 Å². The van der Waals surface area contributed by atoms with E-state index < -0.39 is 0 Å². The Morgan fingerprint density at radius 2 is 1.80 bits per heavy atom. The summed E-state index contributed by atoms with van der Waals surface area (Å²) in [6.45, 7) is 3.69. The lowest BCUT2D eigenvalue weighted by Crippen LogP contribution is -2.21. The molecule has 0 saturated carbocycles. The molecule has 6 heteroatoms. The average Bonchev–Trinajstić information content (AvgIpc) is 2.95. The number of nitrogens with one attached hydrogen (secondary N) is 1. The lowest BCUT2D eigenvalue weighted by atomic mass is 10.2. The summed E-state index contributed by atoms with van der Waals surface area (Å²) in [7, 11) is 0. The molecule has 0 spiro atoms. The molecule has 0 fully saturated rings. The Kier molecular flexibility index (Phi) is 4.79. The van der Waals surface area contributed by atoms with Gasteiger partial charge in [-0.2, -0.15) is 5.10 Å². The fourth-order valence-corrected chi connectivity index (χ4v) is 2.33.